The normalized spacial score (nSPS) is 15.5. The third-order valence-corrected chi connectivity index (χ3v) is 3.79. The molecule has 0 amide bonds. The van der Waals surface area contributed by atoms with Crippen molar-refractivity contribution >= 4 is 17.8 Å². The number of benzene rings is 2. The Balaban J connectivity index is 1.96. The lowest BCUT2D eigenvalue weighted by molar-refractivity contribution is -0.130. The van der Waals surface area contributed by atoms with Gasteiger partial charge < -0.3 is 9.47 Å². The van der Waals surface area contributed by atoms with Crippen LogP contribution in [0.25, 0.3) is 11.8 Å². The SMILES string of the molecule is COc1cccc(C=C2C=C(c3ccc(C)cc3C)OC2=O)c1. The van der Waals surface area contributed by atoms with Crippen LogP contribution < -0.4 is 4.74 Å². The molecule has 2 aromatic carbocycles. The van der Waals surface area contributed by atoms with E-state index in [1.54, 1.807) is 19.3 Å². The molecule has 0 fully saturated rings. The van der Waals surface area contributed by atoms with E-state index < -0.39 is 0 Å². The quantitative estimate of drug-likeness (QED) is 0.627. The van der Waals surface area contributed by atoms with Crippen LogP contribution in [0, 0.1) is 13.8 Å². The zero-order valence-corrected chi connectivity index (χ0v) is 13.4. The summed E-state index contributed by atoms with van der Waals surface area (Å²) in [6.07, 6.45) is 3.60. The maximum Gasteiger partial charge on any atom is 0.343 e. The van der Waals surface area contributed by atoms with E-state index in [4.69, 9.17) is 9.47 Å². The average Bonchev–Trinajstić information content (AvgIpc) is 2.88. The zero-order chi connectivity index (χ0) is 16.4. The Bertz CT molecular complexity index is 829. The van der Waals surface area contributed by atoms with Crippen molar-refractivity contribution in [3.05, 3.63) is 76.4 Å². The van der Waals surface area contributed by atoms with Crippen LogP contribution in [0.5, 0.6) is 5.75 Å². The number of esters is 1. The number of carbonyl (C=O) groups is 1. The maximum absolute atomic E-state index is 12.1. The van der Waals surface area contributed by atoms with Crippen LogP contribution in [0.1, 0.15) is 22.3 Å². The van der Waals surface area contributed by atoms with Crippen LogP contribution in [0.2, 0.25) is 0 Å². The number of hydrogen-bond donors (Lipinski definition) is 0. The molecule has 0 N–H and O–H groups in total. The van der Waals surface area contributed by atoms with Gasteiger partial charge in [0.2, 0.25) is 0 Å². The van der Waals surface area contributed by atoms with Crippen molar-refractivity contribution in [2.75, 3.05) is 7.11 Å². The van der Waals surface area contributed by atoms with Gasteiger partial charge in [0.15, 0.2) is 0 Å². The Morgan fingerprint density at radius 3 is 2.65 bits per heavy atom. The summed E-state index contributed by atoms with van der Waals surface area (Å²) in [4.78, 5) is 12.1. The van der Waals surface area contributed by atoms with Crippen molar-refractivity contribution in [2.45, 2.75) is 13.8 Å². The number of rotatable bonds is 3. The number of methoxy groups -OCH3 is 1. The molecular formula is C20H18O3. The predicted octanol–water partition coefficient (Wildman–Crippen LogP) is 4.29. The van der Waals surface area contributed by atoms with Gasteiger partial charge in [0, 0.05) is 5.56 Å². The Labute approximate surface area is 135 Å². The lowest BCUT2D eigenvalue weighted by atomic mass is 10.0. The second-order valence-corrected chi connectivity index (χ2v) is 5.59. The van der Waals surface area contributed by atoms with Crippen LogP contribution >= 0.6 is 0 Å². The fraction of sp³-hybridized carbons (Fsp3) is 0.150. The molecule has 2 aromatic rings. The van der Waals surface area contributed by atoms with Crippen LogP contribution in [0.15, 0.2) is 54.1 Å². The van der Waals surface area contributed by atoms with Gasteiger partial charge in [-0.1, -0.05) is 35.9 Å². The van der Waals surface area contributed by atoms with E-state index in [-0.39, 0.29) is 5.97 Å². The van der Waals surface area contributed by atoms with E-state index in [1.165, 1.54) is 5.56 Å². The minimum Gasteiger partial charge on any atom is -0.497 e. The van der Waals surface area contributed by atoms with Crippen molar-refractivity contribution in [1.82, 2.24) is 0 Å². The molecule has 1 aliphatic heterocycles. The fourth-order valence-electron chi connectivity index (χ4n) is 2.62. The molecule has 3 heteroatoms. The van der Waals surface area contributed by atoms with Gasteiger partial charge in [-0.25, -0.2) is 4.79 Å². The molecule has 0 unspecified atom stereocenters. The van der Waals surface area contributed by atoms with E-state index in [0.29, 0.717) is 11.3 Å². The third kappa shape index (κ3) is 3.19. The van der Waals surface area contributed by atoms with Gasteiger partial charge in [-0.3, -0.25) is 0 Å². The molecule has 0 saturated heterocycles. The molecule has 3 nitrogen and oxygen atoms in total. The largest absolute Gasteiger partial charge is 0.497 e. The summed E-state index contributed by atoms with van der Waals surface area (Å²) < 4.78 is 10.6. The Hall–Kier alpha value is -2.81. The highest BCUT2D eigenvalue weighted by Crippen LogP contribution is 2.30. The first-order chi connectivity index (χ1) is 11.1. The molecule has 3 rings (SSSR count). The van der Waals surface area contributed by atoms with Gasteiger partial charge >= 0.3 is 5.97 Å². The molecule has 1 heterocycles. The van der Waals surface area contributed by atoms with Crippen molar-refractivity contribution in [1.29, 1.82) is 0 Å². The molecule has 0 aromatic heterocycles. The van der Waals surface area contributed by atoms with Crippen LogP contribution in [-0.4, -0.2) is 13.1 Å². The van der Waals surface area contributed by atoms with E-state index >= 15 is 0 Å². The topological polar surface area (TPSA) is 35.5 Å². The summed E-state index contributed by atoms with van der Waals surface area (Å²) in [5, 5.41) is 0. The van der Waals surface area contributed by atoms with Crippen molar-refractivity contribution in [3.8, 4) is 5.75 Å². The van der Waals surface area contributed by atoms with Crippen LogP contribution in [-0.2, 0) is 9.53 Å². The Kier molecular flexibility index (Phi) is 4.02. The van der Waals surface area contributed by atoms with E-state index in [2.05, 4.69) is 6.07 Å². The summed E-state index contributed by atoms with van der Waals surface area (Å²) >= 11 is 0. The molecule has 116 valence electrons. The van der Waals surface area contributed by atoms with Crippen LogP contribution in [0.4, 0.5) is 0 Å². The molecule has 0 bridgehead atoms. The molecule has 0 atom stereocenters. The summed E-state index contributed by atoms with van der Waals surface area (Å²) in [6, 6.07) is 13.6. The lowest BCUT2D eigenvalue weighted by Crippen LogP contribution is -1.98. The van der Waals surface area contributed by atoms with Crippen molar-refractivity contribution < 1.29 is 14.3 Å². The molecule has 1 aliphatic rings. The number of ether oxygens (including phenoxy) is 2. The van der Waals surface area contributed by atoms with Gasteiger partial charge in [-0.15, -0.1) is 0 Å². The minimum atomic E-state index is -0.331. The Morgan fingerprint density at radius 1 is 1.09 bits per heavy atom. The number of hydrogen-bond acceptors (Lipinski definition) is 3. The predicted molar refractivity (Wildman–Crippen MR) is 91.0 cm³/mol. The summed E-state index contributed by atoms with van der Waals surface area (Å²) in [7, 11) is 1.62. The smallest absolute Gasteiger partial charge is 0.343 e. The first kappa shape index (κ1) is 15.1. The zero-order valence-electron chi connectivity index (χ0n) is 13.4. The fourth-order valence-corrected chi connectivity index (χ4v) is 2.62. The minimum absolute atomic E-state index is 0.331. The van der Waals surface area contributed by atoms with E-state index in [9.17, 15) is 4.79 Å². The number of cyclic esters (lactones) is 1. The second kappa shape index (κ2) is 6.13. The second-order valence-electron chi connectivity index (χ2n) is 5.59. The molecular weight excluding hydrogens is 288 g/mol. The number of carbonyl (C=O) groups excluding carboxylic acids is 1. The molecule has 0 spiro atoms. The highest BCUT2D eigenvalue weighted by molar-refractivity contribution is 6.05. The maximum atomic E-state index is 12.1. The molecule has 0 saturated carbocycles. The first-order valence-electron chi connectivity index (χ1n) is 7.44. The Morgan fingerprint density at radius 2 is 1.91 bits per heavy atom. The first-order valence-corrected chi connectivity index (χ1v) is 7.44. The van der Waals surface area contributed by atoms with Crippen molar-refractivity contribution in [2.24, 2.45) is 0 Å². The van der Waals surface area contributed by atoms with Gasteiger partial charge in [-0.05, 0) is 49.3 Å². The van der Waals surface area contributed by atoms with Crippen LogP contribution in [0.3, 0.4) is 0 Å². The van der Waals surface area contributed by atoms with Gasteiger partial charge in [0.05, 0.1) is 12.7 Å². The molecule has 0 radical (unpaired) electrons. The average molecular weight is 306 g/mol. The standard InChI is InChI=1S/C20H18O3/c1-13-7-8-18(14(2)9-13)19-12-16(20(21)23-19)10-15-5-4-6-17(11-15)22-3/h4-12H,1-3H3. The highest BCUT2D eigenvalue weighted by Gasteiger charge is 2.22. The number of aryl methyl sites for hydroxylation is 2. The highest BCUT2D eigenvalue weighted by atomic mass is 16.5. The monoisotopic (exact) mass is 306 g/mol. The molecule has 0 aliphatic carbocycles. The summed E-state index contributed by atoms with van der Waals surface area (Å²) in [5.74, 6) is 1.02. The van der Waals surface area contributed by atoms with E-state index in [0.717, 1.165) is 22.4 Å². The molecule has 23 heavy (non-hydrogen) atoms. The summed E-state index contributed by atoms with van der Waals surface area (Å²) in [5.41, 5.74) is 4.65. The van der Waals surface area contributed by atoms with Gasteiger partial charge in [-0.2, -0.15) is 0 Å². The van der Waals surface area contributed by atoms with Crippen molar-refractivity contribution in [3.63, 3.8) is 0 Å². The van der Waals surface area contributed by atoms with Gasteiger partial charge in [0.25, 0.3) is 0 Å². The third-order valence-electron chi connectivity index (χ3n) is 3.79. The lowest BCUT2D eigenvalue weighted by Gasteiger charge is -2.06. The van der Waals surface area contributed by atoms with E-state index in [1.807, 2.05) is 50.2 Å². The van der Waals surface area contributed by atoms with Gasteiger partial charge in [0.1, 0.15) is 11.5 Å². The summed E-state index contributed by atoms with van der Waals surface area (Å²) in [6.45, 7) is 4.06.